The molecule has 0 aliphatic rings. The Morgan fingerprint density at radius 2 is 2.32 bits per heavy atom. The summed E-state index contributed by atoms with van der Waals surface area (Å²) < 4.78 is 1.90. The van der Waals surface area contributed by atoms with Gasteiger partial charge in [-0.1, -0.05) is 0 Å². The zero-order chi connectivity index (χ0) is 13.2. The molecule has 0 aliphatic carbocycles. The predicted octanol–water partition coefficient (Wildman–Crippen LogP) is 2.13. The van der Waals surface area contributed by atoms with Crippen LogP contribution in [0.3, 0.4) is 0 Å². The van der Waals surface area contributed by atoms with Gasteiger partial charge in [-0.25, -0.2) is 9.97 Å². The van der Waals surface area contributed by atoms with Gasteiger partial charge in [-0.15, -0.1) is 21.5 Å². The molecule has 0 aliphatic heterocycles. The third-order valence-corrected chi connectivity index (χ3v) is 3.72. The van der Waals surface area contributed by atoms with Crippen LogP contribution in [0.5, 0.6) is 0 Å². The van der Waals surface area contributed by atoms with Gasteiger partial charge >= 0.3 is 0 Å². The van der Waals surface area contributed by atoms with E-state index in [0.717, 1.165) is 28.3 Å². The highest BCUT2D eigenvalue weighted by Crippen LogP contribution is 2.26. The summed E-state index contributed by atoms with van der Waals surface area (Å²) in [4.78, 5) is 9.29. The molecule has 0 spiro atoms. The highest BCUT2D eigenvalue weighted by molar-refractivity contribution is 7.16. The van der Waals surface area contributed by atoms with Crippen LogP contribution >= 0.6 is 22.9 Å². The summed E-state index contributed by atoms with van der Waals surface area (Å²) in [5.41, 5.74) is 0. The number of thiophene rings is 1. The van der Waals surface area contributed by atoms with Crippen molar-refractivity contribution in [1.29, 1.82) is 0 Å². The molecule has 3 rings (SSSR count). The van der Waals surface area contributed by atoms with Crippen LogP contribution in [0.25, 0.3) is 10.2 Å². The maximum atomic E-state index is 5.90. The lowest BCUT2D eigenvalue weighted by Crippen LogP contribution is -2.10. The van der Waals surface area contributed by atoms with Gasteiger partial charge in [0, 0.05) is 20.0 Å². The normalized spacial score (nSPS) is 11.1. The molecule has 0 saturated carbocycles. The molecule has 1 N–H and O–H groups in total. The Balaban J connectivity index is 1.75. The zero-order valence-corrected chi connectivity index (χ0v) is 11.7. The number of hydrogen-bond acceptors (Lipinski definition) is 6. The molecule has 3 aromatic heterocycles. The first-order chi connectivity index (χ1) is 9.24. The SMILES string of the molecule is Cn1cnnc1CCNc1nc(Cl)nc2sccc12. The quantitative estimate of drug-likeness (QED) is 0.747. The van der Waals surface area contributed by atoms with Crippen LogP contribution in [0, 0.1) is 0 Å². The third-order valence-electron chi connectivity index (χ3n) is 2.74. The minimum atomic E-state index is 0.260. The minimum absolute atomic E-state index is 0.260. The molecule has 0 saturated heterocycles. The standard InChI is InChI=1S/C11H11ClN6S/c1-18-6-14-17-8(18)2-4-13-9-7-3-5-19-10(7)16-11(12)15-9/h3,5-6H,2,4H2,1H3,(H,13,15,16). The molecule has 0 aromatic carbocycles. The van der Waals surface area contributed by atoms with Gasteiger partial charge in [0.15, 0.2) is 0 Å². The van der Waals surface area contributed by atoms with Crippen molar-refractivity contribution in [1.82, 2.24) is 24.7 Å². The monoisotopic (exact) mass is 294 g/mol. The second kappa shape index (κ2) is 5.10. The molecule has 3 heterocycles. The molecule has 0 bridgehead atoms. The van der Waals surface area contributed by atoms with Gasteiger partial charge in [0.25, 0.3) is 0 Å². The average Bonchev–Trinajstić information content (AvgIpc) is 2.98. The molecule has 6 nitrogen and oxygen atoms in total. The second-order valence-electron chi connectivity index (χ2n) is 4.02. The van der Waals surface area contributed by atoms with Crippen molar-refractivity contribution in [2.45, 2.75) is 6.42 Å². The molecule has 0 atom stereocenters. The Labute approximate surface area is 118 Å². The molecule has 3 aromatic rings. The number of nitrogens with zero attached hydrogens (tertiary/aromatic N) is 5. The van der Waals surface area contributed by atoms with Crippen LogP contribution in [0.2, 0.25) is 5.28 Å². The van der Waals surface area contributed by atoms with Crippen molar-refractivity contribution in [3.05, 3.63) is 28.9 Å². The van der Waals surface area contributed by atoms with Crippen molar-refractivity contribution >= 4 is 39.0 Å². The summed E-state index contributed by atoms with van der Waals surface area (Å²) >= 11 is 7.45. The Kier molecular flexibility index (Phi) is 3.31. The van der Waals surface area contributed by atoms with E-state index in [-0.39, 0.29) is 5.28 Å². The fraction of sp³-hybridized carbons (Fsp3) is 0.273. The van der Waals surface area contributed by atoms with E-state index < -0.39 is 0 Å². The topological polar surface area (TPSA) is 68.5 Å². The summed E-state index contributed by atoms with van der Waals surface area (Å²) in [7, 11) is 1.92. The van der Waals surface area contributed by atoms with Gasteiger partial charge in [-0.05, 0) is 23.0 Å². The number of aryl methyl sites for hydroxylation is 1. The van der Waals surface area contributed by atoms with Gasteiger partial charge in [-0.3, -0.25) is 0 Å². The van der Waals surface area contributed by atoms with Crippen molar-refractivity contribution in [3.63, 3.8) is 0 Å². The largest absolute Gasteiger partial charge is 0.369 e. The van der Waals surface area contributed by atoms with Gasteiger partial charge < -0.3 is 9.88 Å². The van der Waals surface area contributed by atoms with Crippen molar-refractivity contribution in [3.8, 4) is 0 Å². The van der Waals surface area contributed by atoms with E-state index in [0.29, 0.717) is 6.54 Å². The fourth-order valence-electron chi connectivity index (χ4n) is 1.79. The van der Waals surface area contributed by atoms with Gasteiger partial charge in [-0.2, -0.15) is 0 Å². The van der Waals surface area contributed by atoms with E-state index >= 15 is 0 Å². The minimum Gasteiger partial charge on any atom is -0.369 e. The van der Waals surface area contributed by atoms with Gasteiger partial charge in [0.2, 0.25) is 5.28 Å². The number of hydrogen-bond donors (Lipinski definition) is 1. The average molecular weight is 295 g/mol. The van der Waals surface area contributed by atoms with Crippen LogP contribution in [0.1, 0.15) is 5.82 Å². The smallest absolute Gasteiger partial charge is 0.225 e. The number of rotatable bonds is 4. The number of anilines is 1. The molecule has 19 heavy (non-hydrogen) atoms. The van der Waals surface area contributed by atoms with E-state index in [1.165, 1.54) is 0 Å². The molecule has 0 unspecified atom stereocenters. The third kappa shape index (κ3) is 2.52. The summed E-state index contributed by atoms with van der Waals surface area (Å²) in [6, 6.07) is 1.99. The lowest BCUT2D eigenvalue weighted by molar-refractivity contribution is 0.787. The molecule has 0 amide bonds. The fourth-order valence-corrected chi connectivity index (χ4v) is 2.77. The molecule has 0 fully saturated rings. The van der Waals surface area contributed by atoms with E-state index in [2.05, 4.69) is 25.5 Å². The maximum absolute atomic E-state index is 5.90. The van der Waals surface area contributed by atoms with E-state index in [4.69, 9.17) is 11.6 Å². The summed E-state index contributed by atoms with van der Waals surface area (Å²) in [6.07, 6.45) is 2.46. The molecule has 8 heteroatoms. The Morgan fingerprint density at radius 3 is 3.11 bits per heavy atom. The van der Waals surface area contributed by atoms with Crippen LogP contribution in [0.15, 0.2) is 17.8 Å². The van der Waals surface area contributed by atoms with E-state index in [1.54, 1.807) is 17.7 Å². The molecular formula is C11H11ClN6S. The van der Waals surface area contributed by atoms with Crippen LogP contribution in [-0.4, -0.2) is 31.3 Å². The number of halogens is 1. The van der Waals surface area contributed by atoms with Gasteiger partial charge in [0.05, 0.1) is 5.39 Å². The first-order valence-electron chi connectivity index (χ1n) is 5.71. The highest BCUT2D eigenvalue weighted by Gasteiger charge is 2.08. The number of aromatic nitrogens is 5. The summed E-state index contributed by atoms with van der Waals surface area (Å²) in [5.74, 6) is 1.69. The maximum Gasteiger partial charge on any atom is 0.225 e. The van der Waals surface area contributed by atoms with E-state index in [1.807, 2.05) is 23.1 Å². The molecule has 0 radical (unpaired) electrons. The van der Waals surface area contributed by atoms with Crippen LogP contribution in [0.4, 0.5) is 5.82 Å². The highest BCUT2D eigenvalue weighted by atomic mass is 35.5. The lowest BCUT2D eigenvalue weighted by atomic mass is 10.3. The van der Waals surface area contributed by atoms with Crippen molar-refractivity contribution in [2.75, 3.05) is 11.9 Å². The summed E-state index contributed by atoms with van der Waals surface area (Å²) in [5, 5.41) is 14.4. The zero-order valence-electron chi connectivity index (χ0n) is 10.2. The first-order valence-corrected chi connectivity index (χ1v) is 6.97. The van der Waals surface area contributed by atoms with Crippen LogP contribution in [-0.2, 0) is 13.5 Å². The molecular weight excluding hydrogens is 284 g/mol. The Bertz CT molecular complexity index is 706. The number of nitrogens with one attached hydrogen (secondary N) is 1. The first kappa shape index (κ1) is 12.3. The lowest BCUT2D eigenvalue weighted by Gasteiger charge is -2.06. The van der Waals surface area contributed by atoms with E-state index in [9.17, 15) is 0 Å². The van der Waals surface area contributed by atoms with Crippen molar-refractivity contribution < 1.29 is 0 Å². The Hall–Kier alpha value is -1.73. The summed E-state index contributed by atoms with van der Waals surface area (Å²) in [6.45, 7) is 0.713. The second-order valence-corrected chi connectivity index (χ2v) is 5.25. The number of fused-ring (bicyclic) bond motifs is 1. The van der Waals surface area contributed by atoms with Gasteiger partial charge in [0.1, 0.15) is 22.8 Å². The molecule has 98 valence electrons. The Morgan fingerprint density at radius 1 is 1.42 bits per heavy atom. The van der Waals surface area contributed by atoms with Crippen LogP contribution < -0.4 is 5.32 Å². The van der Waals surface area contributed by atoms with Crippen molar-refractivity contribution in [2.24, 2.45) is 7.05 Å². The predicted molar refractivity (Wildman–Crippen MR) is 75.6 cm³/mol.